The topological polar surface area (TPSA) is 87.5 Å². The fourth-order valence-electron chi connectivity index (χ4n) is 2.54. The van der Waals surface area contributed by atoms with Gasteiger partial charge in [0.15, 0.2) is 0 Å². The molecular weight excluding hydrogens is 304 g/mol. The standard InChI is InChI=1S/C15H18N2O4S/c1-2-21-15(18)13-7-5-9-17(11-13)22(19,20)14-8-4-3-6-12(14)10-16/h3-4,6,8,13H,2,5,7,9,11H2,1H3/t13-/m1/s1. The van der Waals surface area contributed by atoms with Crippen LogP contribution < -0.4 is 0 Å². The van der Waals surface area contributed by atoms with E-state index >= 15 is 0 Å². The first kappa shape index (κ1) is 16.5. The van der Waals surface area contributed by atoms with Crippen LogP contribution in [0.3, 0.4) is 0 Å². The van der Waals surface area contributed by atoms with Gasteiger partial charge in [-0.15, -0.1) is 0 Å². The number of benzene rings is 1. The highest BCUT2D eigenvalue weighted by Crippen LogP contribution is 2.26. The minimum absolute atomic E-state index is 0.0120. The Bertz CT molecular complexity index is 694. The van der Waals surface area contributed by atoms with E-state index in [1.54, 1.807) is 19.1 Å². The van der Waals surface area contributed by atoms with Crippen molar-refractivity contribution in [2.45, 2.75) is 24.7 Å². The summed E-state index contributed by atoms with van der Waals surface area (Å²) in [6, 6.07) is 7.99. The van der Waals surface area contributed by atoms with Gasteiger partial charge in [0.1, 0.15) is 6.07 Å². The van der Waals surface area contributed by atoms with Crippen molar-refractivity contribution >= 4 is 16.0 Å². The Morgan fingerprint density at radius 2 is 2.18 bits per heavy atom. The third-order valence-corrected chi connectivity index (χ3v) is 5.55. The van der Waals surface area contributed by atoms with Crippen molar-refractivity contribution in [3.05, 3.63) is 29.8 Å². The predicted molar refractivity (Wildman–Crippen MR) is 79.3 cm³/mol. The van der Waals surface area contributed by atoms with Crippen LogP contribution in [0, 0.1) is 17.2 Å². The molecule has 1 aromatic carbocycles. The Morgan fingerprint density at radius 3 is 2.86 bits per heavy atom. The van der Waals surface area contributed by atoms with E-state index in [9.17, 15) is 13.2 Å². The first-order chi connectivity index (χ1) is 10.5. The van der Waals surface area contributed by atoms with Gasteiger partial charge >= 0.3 is 5.97 Å². The van der Waals surface area contributed by atoms with Crippen LogP contribution in [-0.2, 0) is 19.6 Å². The Hall–Kier alpha value is -1.91. The number of carbonyl (C=O) groups excluding carboxylic acids is 1. The maximum atomic E-state index is 12.7. The lowest BCUT2D eigenvalue weighted by Gasteiger charge is -2.30. The molecule has 0 aliphatic carbocycles. The minimum atomic E-state index is -3.78. The molecule has 1 saturated heterocycles. The van der Waals surface area contributed by atoms with Crippen LogP contribution in [0.4, 0.5) is 0 Å². The summed E-state index contributed by atoms with van der Waals surface area (Å²) in [5.41, 5.74) is 0.112. The Morgan fingerprint density at radius 1 is 1.45 bits per heavy atom. The second-order valence-electron chi connectivity index (χ2n) is 5.06. The van der Waals surface area contributed by atoms with Gasteiger partial charge < -0.3 is 4.74 Å². The number of ether oxygens (including phenoxy) is 1. The predicted octanol–water partition coefficient (Wildman–Crippen LogP) is 1.52. The number of nitriles is 1. The molecule has 22 heavy (non-hydrogen) atoms. The summed E-state index contributed by atoms with van der Waals surface area (Å²) in [7, 11) is -3.78. The van der Waals surface area contributed by atoms with E-state index in [-0.39, 0.29) is 29.6 Å². The summed E-state index contributed by atoms with van der Waals surface area (Å²) in [4.78, 5) is 11.8. The Labute approximate surface area is 130 Å². The molecule has 1 heterocycles. The third-order valence-electron chi connectivity index (χ3n) is 3.63. The van der Waals surface area contributed by atoms with Crippen LogP contribution >= 0.6 is 0 Å². The molecule has 1 aliphatic rings. The zero-order chi connectivity index (χ0) is 16.2. The molecule has 1 aromatic rings. The average molecular weight is 322 g/mol. The quantitative estimate of drug-likeness (QED) is 0.784. The number of esters is 1. The van der Waals surface area contributed by atoms with Gasteiger partial charge in [0, 0.05) is 13.1 Å². The number of piperidine rings is 1. The van der Waals surface area contributed by atoms with Crippen molar-refractivity contribution in [3.63, 3.8) is 0 Å². The Balaban J connectivity index is 2.26. The molecule has 1 aliphatic heterocycles. The maximum Gasteiger partial charge on any atom is 0.310 e. The van der Waals surface area contributed by atoms with Crippen LogP contribution in [0.25, 0.3) is 0 Å². The maximum absolute atomic E-state index is 12.7. The number of sulfonamides is 1. The molecule has 0 aromatic heterocycles. The van der Waals surface area contributed by atoms with Crippen molar-refractivity contribution in [3.8, 4) is 6.07 Å². The van der Waals surface area contributed by atoms with Gasteiger partial charge in [-0.25, -0.2) is 8.42 Å². The first-order valence-electron chi connectivity index (χ1n) is 7.16. The molecule has 7 heteroatoms. The van der Waals surface area contributed by atoms with E-state index in [2.05, 4.69) is 0 Å². The molecule has 1 fully saturated rings. The highest BCUT2D eigenvalue weighted by molar-refractivity contribution is 7.89. The SMILES string of the molecule is CCOC(=O)[C@@H]1CCCN(S(=O)(=O)c2ccccc2C#N)C1. The monoisotopic (exact) mass is 322 g/mol. The number of hydrogen-bond donors (Lipinski definition) is 0. The van der Waals surface area contributed by atoms with Gasteiger partial charge in [0.2, 0.25) is 10.0 Å². The fourth-order valence-corrected chi connectivity index (χ4v) is 4.20. The zero-order valence-corrected chi connectivity index (χ0v) is 13.2. The molecule has 1 atom stereocenters. The highest BCUT2D eigenvalue weighted by atomic mass is 32.2. The molecule has 118 valence electrons. The summed E-state index contributed by atoms with van der Waals surface area (Å²) in [6.45, 7) is 2.44. The van der Waals surface area contributed by atoms with Gasteiger partial charge in [-0.05, 0) is 31.9 Å². The molecule has 0 amide bonds. The number of carbonyl (C=O) groups is 1. The smallest absolute Gasteiger partial charge is 0.310 e. The lowest BCUT2D eigenvalue weighted by Crippen LogP contribution is -2.42. The van der Waals surface area contributed by atoms with Crippen molar-refractivity contribution in [2.75, 3.05) is 19.7 Å². The molecule has 0 spiro atoms. The van der Waals surface area contributed by atoms with Crippen molar-refractivity contribution in [1.29, 1.82) is 5.26 Å². The van der Waals surface area contributed by atoms with E-state index in [0.717, 1.165) is 0 Å². The van der Waals surface area contributed by atoms with Crippen LogP contribution in [0.2, 0.25) is 0 Å². The largest absolute Gasteiger partial charge is 0.466 e. The van der Waals surface area contributed by atoms with Crippen LogP contribution in [0.15, 0.2) is 29.2 Å². The summed E-state index contributed by atoms with van der Waals surface area (Å²) in [5.74, 6) is -0.811. The summed E-state index contributed by atoms with van der Waals surface area (Å²) in [5, 5.41) is 9.08. The number of nitrogens with zero attached hydrogens (tertiary/aromatic N) is 2. The normalized spacial score (nSPS) is 19.4. The third kappa shape index (κ3) is 3.29. The summed E-state index contributed by atoms with van der Waals surface area (Å²) in [6.07, 6.45) is 1.21. The molecule has 0 bridgehead atoms. The zero-order valence-electron chi connectivity index (χ0n) is 12.4. The van der Waals surface area contributed by atoms with Gasteiger partial charge in [0.25, 0.3) is 0 Å². The van der Waals surface area contributed by atoms with Crippen molar-refractivity contribution in [2.24, 2.45) is 5.92 Å². The van der Waals surface area contributed by atoms with Crippen LogP contribution in [-0.4, -0.2) is 38.4 Å². The molecule has 0 radical (unpaired) electrons. The van der Waals surface area contributed by atoms with Gasteiger partial charge in [-0.3, -0.25) is 4.79 Å². The van der Waals surface area contributed by atoms with E-state index in [0.29, 0.717) is 19.4 Å². The van der Waals surface area contributed by atoms with Gasteiger partial charge in [-0.2, -0.15) is 9.57 Å². The summed E-state index contributed by atoms with van der Waals surface area (Å²) < 4.78 is 31.7. The molecule has 0 unspecified atom stereocenters. The van der Waals surface area contributed by atoms with E-state index in [4.69, 9.17) is 10.00 Å². The first-order valence-corrected chi connectivity index (χ1v) is 8.60. The van der Waals surface area contributed by atoms with Crippen molar-refractivity contribution in [1.82, 2.24) is 4.31 Å². The number of hydrogen-bond acceptors (Lipinski definition) is 5. The average Bonchev–Trinajstić information content (AvgIpc) is 2.55. The van der Waals surface area contributed by atoms with E-state index < -0.39 is 15.9 Å². The highest BCUT2D eigenvalue weighted by Gasteiger charge is 2.34. The minimum Gasteiger partial charge on any atom is -0.466 e. The van der Waals surface area contributed by atoms with Crippen LogP contribution in [0.5, 0.6) is 0 Å². The molecule has 0 saturated carbocycles. The lowest BCUT2D eigenvalue weighted by molar-refractivity contribution is -0.149. The molecule has 2 rings (SSSR count). The Kier molecular flexibility index (Phi) is 5.16. The van der Waals surface area contributed by atoms with E-state index in [1.807, 2.05) is 6.07 Å². The lowest BCUT2D eigenvalue weighted by atomic mass is 10.0. The molecular formula is C15H18N2O4S. The second kappa shape index (κ2) is 6.90. The molecule has 0 N–H and O–H groups in total. The second-order valence-corrected chi connectivity index (χ2v) is 6.97. The fraction of sp³-hybridized carbons (Fsp3) is 0.467. The van der Waals surface area contributed by atoms with E-state index in [1.165, 1.54) is 16.4 Å². The van der Waals surface area contributed by atoms with Crippen LogP contribution in [0.1, 0.15) is 25.3 Å². The van der Waals surface area contributed by atoms with Gasteiger partial charge in [0.05, 0.1) is 23.0 Å². The number of rotatable bonds is 4. The van der Waals surface area contributed by atoms with Gasteiger partial charge in [-0.1, -0.05) is 12.1 Å². The summed E-state index contributed by atoms with van der Waals surface area (Å²) >= 11 is 0. The van der Waals surface area contributed by atoms with Crippen molar-refractivity contribution < 1.29 is 17.9 Å². The molecule has 6 nitrogen and oxygen atoms in total.